The van der Waals surface area contributed by atoms with Crippen molar-refractivity contribution in [3.8, 4) is 0 Å². The molecule has 0 spiro atoms. The number of anilines is 3. The number of hydrogen-bond acceptors (Lipinski definition) is 5. The van der Waals surface area contributed by atoms with Crippen molar-refractivity contribution in [3.05, 3.63) is 48.4 Å². The summed E-state index contributed by atoms with van der Waals surface area (Å²) in [5, 5.41) is 0. The molecule has 1 fully saturated rings. The van der Waals surface area contributed by atoms with Gasteiger partial charge >= 0.3 is 0 Å². The second kappa shape index (κ2) is 8.56. The van der Waals surface area contributed by atoms with Crippen molar-refractivity contribution in [2.45, 2.75) is 19.8 Å². The van der Waals surface area contributed by atoms with Crippen LogP contribution in [-0.2, 0) is 10.0 Å². The molecule has 0 radical (unpaired) electrons. The second-order valence-electron chi connectivity index (χ2n) is 6.60. The summed E-state index contributed by atoms with van der Waals surface area (Å²) in [6, 6.07) is 10.4. The molecule has 146 valence electrons. The van der Waals surface area contributed by atoms with Gasteiger partial charge in [-0.15, -0.1) is 0 Å². The first-order chi connectivity index (χ1) is 13.0. The van der Waals surface area contributed by atoms with Gasteiger partial charge in [-0.1, -0.05) is 25.5 Å². The van der Waals surface area contributed by atoms with Crippen molar-refractivity contribution in [2.24, 2.45) is 0 Å². The fourth-order valence-corrected chi connectivity index (χ4v) is 4.30. The third-order valence-electron chi connectivity index (χ3n) is 4.61. The van der Waals surface area contributed by atoms with E-state index in [1.54, 1.807) is 24.4 Å². The van der Waals surface area contributed by atoms with Gasteiger partial charge in [0.05, 0.1) is 23.3 Å². The van der Waals surface area contributed by atoms with Crippen molar-refractivity contribution >= 4 is 27.2 Å². The maximum Gasteiger partial charge on any atom is 0.233 e. The van der Waals surface area contributed by atoms with E-state index >= 15 is 0 Å². The number of pyridine rings is 1. The van der Waals surface area contributed by atoms with Crippen LogP contribution in [0.1, 0.15) is 19.8 Å². The third kappa shape index (κ3) is 5.09. The summed E-state index contributed by atoms with van der Waals surface area (Å²) in [5.74, 6) is 0.234. The number of benzene rings is 1. The van der Waals surface area contributed by atoms with E-state index in [4.69, 9.17) is 0 Å². The Balaban J connectivity index is 1.58. The van der Waals surface area contributed by atoms with Gasteiger partial charge in [-0.25, -0.2) is 17.8 Å². The lowest BCUT2D eigenvalue weighted by atomic mass is 10.2. The second-order valence-corrected chi connectivity index (χ2v) is 8.44. The van der Waals surface area contributed by atoms with Crippen LogP contribution in [0.2, 0.25) is 0 Å². The minimum Gasteiger partial charge on any atom is -0.367 e. The number of halogens is 1. The lowest BCUT2D eigenvalue weighted by molar-refractivity contribution is 0.596. The topological polar surface area (TPSA) is 65.5 Å². The summed E-state index contributed by atoms with van der Waals surface area (Å²) in [6.07, 6.45) is 3.13. The summed E-state index contributed by atoms with van der Waals surface area (Å²) in [4.78, 5) is 8.44. The largest absolute Gasteiger partial charge is 0.367 e. The van der Waals surface area contributed by atoms with Crippen LogP contribution in [0.25, 0.3) is 0 Å². The van der Waals surface area contributed by atoms with E-state index in [2.05, 4.69) is 14.6 Å². The summed E-state index contributed by atoms with van der Waals surface area (Å²) in [5.41, 5.74) is 1.56. The quantitative estimate of drug-likeness (QED) is 0.784. The maximum atomic E-state index is 13.9. The highest BCUT2D eigenvalue weighted by Gasteiger charge is 2.20. The third-order valence-corrected chi connectivity index (χ3v) is 5.96. The van der Waals surface area contributed by atoms with Crippen molar-refractivity contribution in [1.82, 2.24) is 4.98 Å². The molecule has 6 nitrogen and oxygen atoms in total. The minimum atomic E-state index is -3.34. The Morgan fingerprint density at radius 1 is 1.07 bits per heavy atom. The number of aromatic nitrogens is 1. The number of unbranched alkanes of at least 4 members (excludes halogenated alkanes) is 1. The molecule has 0 saturated carbocycles. The molecule has 1 aliphatic heterocycles. The van der Waals surface area contributed by atoms with Crippen LogP contribution in [0.3, 0.4) is 0 Å². The van der Waals surface area contributed by atoms with E-state index < -0.39 is 10.0 Å². The van der Waals surface area contributed by atoms with Crippen LogP contribution in [0.15, 0.2) is 42.6 Å². The molecule has 0 atom stereocenters. The lowest BCUT2D eigenvalue weighted by Crippen LogP contribution is -2.46. The highest BCUT2D eigenvalue weighted by atomic mass is 32.2. The molecule has 0 amide bonds. The number of sulfonamides is 1. The number of nitrogens with one attached hydrogen (secondary N) is 1. The molecule has 1 saturated heterocycles. The lowest BCUT2D eigenvalue weighted by Gasteiger charge is -2.37. The average Bonchev–Trinajstić information content (AvgIpc) is 2.67. The zero-order valence-corrected chi connectivity index (χ0v) is 16.3. The molecule has 2 aromatic rings. The standard InChI is InChI=1S/C19H25FN4O2S/c1-2-3-14-27(25,26)22-19-9-8-16(15-21-19)23-10-12-24(13-11-23)18-7-5-4-6-17(18)20/h4-9,15H,2-3,10-14H2,1H3,(H,21,22). The van der Waals surface area contributed by atoms with Gasteiger partial charge in [0.2, 0.25) is 10.0 Å². The Morgan fingerprint density at radius 3 is 2.41 bits per heavy atom. The Morgan fingerprint density at radius 2 is 1.78 bits per heavy atom. The first-order valence-corrected chi connectivity index (χ1v) is 10.8. The van der Waals surface area contributed by atoms with E-state index in [0.29, 0.717) is 31.0 Å². The molecule has 1 aromatic carbocycles. The van der Waals surface area contributed by atoms with Crippen LogP contribution in [0.4, 0.5) is 21.6 Å². The number of nitrogens with zero attached hydrogens (tertiary/aromatic N) is 3. The van der Waals surface area contributed by atoms with Gasteiger partial charge in [-0.05, 0) is 30.7 Å². The normalized spacial score (nSPS) is 15.0. The maximum absolute atomic E-state index is 13.9. The van der Waals surface area contributed by atoms with Gasteiger partial charge in [0.1, 0.15) is 11.6 Å². The number of piperazine rings is 1. The van der Waals surface area contributed by atoms with Crippen LogP contribution in [-0.4, -0.2) is 45.3 Å². The van der Waals surface area contributed by atoms with Crippen LogP contribution in [0.5, 0.6) is 0 Å². The SMILES string of the molecule is CCCCS(=O)(=O)Nc1ccc(N2CCN(c3ccccc3F)CC2)cn1. The van der Waals surface area contributed by atoms with Crippen molar-refractivity contribution in [3.63, 3.8) is 0 Å². The number of hydrogen-bond donors (Lipinski definition) is 1. The number of para-hydroxylation sites is 1. The molecular weight excluding hydrogens is 367 g/mol. The molecule has 27 heavy (non-hydrogen) atoms. The average molecular weight is 393 g/mol. The van der Waals surface area contributed by atoms with Crippen molar-refractivity contribution in [1.29, 1.82) is 0 Å². The Bertz CT molecular complexity index is 850. The first kappa shape index (κ1) is 19.4. The van der Waals surface area contributed by atoms with Crippen molar-refractivity contribution in [2.75, 3.05) is 46.5 Å². The highest BCUT2D eigenvalue weighted by Crippen LogP contribution is 2.23. The molecule has 1 aromatic heterocycles. The zero-order valence-electron chi connectivity index (χ0n) is 15.4. The van der Waals surface area contributed by atoms with Crippen molar-refractivity contribution < 1.29 is 12.8 Å². The summed E-state index contributed by atoms with van der Waals surface area (Å²) < 4.78 is 40.3. The van der Waals surface area contributed by atoms with Gasteiger partial charge in [0.25, 0.3) is 0 Å². The van der Waals surface area contributed by atoms with Crippen LogP contribution in [0, 0.1) is 5.82 Å². The zero-order chi connectivity index (χ0) is 19.3. The van der Waals surface area contributed by atoms with Gasteiger partial charge < -0.3 is 9.80 Å². The fourth-order valence-electron chi connectivity index (χ4n) is 3.09. The smallest absolute Gasteiger partial charge is 0.233 e. The summed E-state index contributed by atoms with van der Waals surface area (Å²) >= 11 is 0. The van der Waals surface area contributed by atoms with Gasteiger partial charge in [-0.3, -0.25) is 4.72 Å². The van der Waals surface area contributed by atoms with Crippen LogP contribution < -0.4 is 14.5 Å². The first-order valence-electron chi connectivity index (χ1n) is 9.19. The molecule has 0 bridgehead atoms. The van der Waals surface area contributed by atoms with Gasteiger partial charge in [-0.2, -0.15) is 0 Å². The fraction of sp³-hybridized carbons (Fsp3) is 0.421. The number of rotatable bonds is 7. The van der Waals surface area contributed by atoms with E-state index in [1.807, 2.05) is 24.0 Å². The van der Waals surface area contributed by atoms with E-state index in [-0.39, 0.29) is 11.6 Å². The molecule has 8 heteroatoms. The van der Waals surface area contributed by atoms with Gasteiger partial charge in [0.15, 0.2) is 0 Å². The summed E-state index contributed by atoms with van der Waals surface area (Å²) in [6.45, 7) is 4.88. The van der Waals surface area contributed by atoms with E-state index in [0.717, 1.165) is 25.2 Å². The molecule has 2 heterocycles. The molecule has 0 unspecified atom stereocenters. The monoisotopic (exact) mass is 392 g/mol. The minimum absolute atomic E-state index is 0.102. The Kier molecular flexibility index (Phi) is 6.15. The Labute approximate surface area is 160 Å². The van der Waals surface area contributed by atoms with Gasteiger partial charge in [0, 0.05) is 26.2 Å². The summed E-state index contributed by atoms with van der Waals surface area (Å²) in [7, 11) is -3.34. The molecule has 1 aliphatic rings. The van der Waals surface area contributed by atoms with Crippen LogP contribution >= 0.6 is 0 Å². The molecule has 1 N–H and O–H groups in total. The van der Waals surface area contributed by atoms with E-state index in [1.165, 1.54) is 6.07 Å². The molecule has 0 aliphatic carbocycles. The predicted octanol–water partition coefficient (Wildman–Crippen LogP) is 3.09. The Hall–Kier alpha value is -2.35. The molecular formula is C19H25FN4O2S. The predicted molar refractivity (Wildman–Crippen MR) is 107 cm³/mol. The molecule has 3 rings (SSSR count). The van der Waals surface area contributed by atoms with E-state index in [9.17, 15) is 12.8 Å². The highest BCUT2D eigenvalue weighted by molar-refractivity contribution is 7.92.